The van der Waals surface area contributed by atoms with Crippen LogP contribution in [-0.4, -0.2) is 52.4 Å². The van der Waals surface area contributed by atoms with Crippen LogP contribution in [0.5, 0.6) is 0 Å². The number of benzene rings is 1. The Morgan fingerprint density at radius 3 is 2.27 bits per heavy atom. The first-order chi connectivity index (χ1) is 17.5. The van der Waals surface area contributed by atoms with Crippen molar-refractivity contribution in [2.75, 3.05) is 0 Å². The smallest absolute Gasteiger partial charge is 0.408 e. The highest BCUT2D eigenvalue weighted by Crippen LogP contribution is 2.37. The highest BCUT2D eigenvalue weighted by atomic mass is 16.6. The summed E-state index contributed by atoms with van der Waals surface area (Å²) < 4.78 is 5.38. The summed E-state index contributed by atoms with van der Waals surface area (Å²) in [4.78, 5) is 53.7. The van der Waals surface area contributed by atoms with Gasteiger partial charge in [-0.1, -0.05) is 43.5 Å². The van der Waals surface area contributed by atoms with Crippen LogP contribution in [0, 0.1) is 6.92 Å². The Kier molecular flexibility index (Phi) is 9.56. The van der Waals surface area contributed by atoms with Gasteiger partial charge in [0.05, 0.1) is 0 Å². The third kappa shape index (κ3) is 8.47. The van der Waals surface area contributed by atoms with E-state index < -0.39 is 35.6 Å². The van der Waals surface area contributed by atoms with Gasteiger partial charge in [0.15, 0.2) is 0 Å². The summed E-state index contributed by atoms with van der Waals surface area (Å²) in [5, 5.41) is 5.85. The van der Waals surface area contributed by atoms with E-state index in [0.717, 1.165) is 56.1 Å². The SMILES string of the molecule is Cc1ccccc1C(C(=O)NC1CCCCC1)N(C(=O)C(CCC(N)=O)NC(=O)OC(C)(C)C)C1CC1. The fourth-order valence-corrected chi connectivity index (χ4v) is 4.88. The number of primary amides is 1. The number of nitrogens with one attached hydrogen (secondary N) is 2. The molecule has 0 radical (unpaired) electrons. The minimum atomic E-state index is -1.06. The Labute approximate surface area is 219 Å². The third-order valence-corrected chi connectivity index (χ3v) is 6.82. The summed E-state index contributed by atoms with van der Waals surface area (Å²) in [6.07, 6.45) is 5.84. The van der Waals surface area contributed by atoms with Crippen LogP contribution < -0.4 is 16.4 Å². The molecule has 9 nitrogen and oxygen atoms in total. The van der Waals surface area contributed by atoms with E-state index in [4.69, 9.17) is 10.5 Å². The normalized spacial score (nSPS) is 17.8. The second-order valence-corrected chi connectivity index (χ2v) is 11.3. The van der Waals surface area contributed by atoms with Crippen LogP contribution in [0.4, 0.5) is 4.79 Å². The molecule has 0 bridgehead atoms. The van der Waals surface area contributed by atoms with E-state index in [0.29, 0.717) is 0 Å². The van der Waals surface area contributed by atoms with E-state index in [9.17, 15) is 19.2 Å². The van der Waals surface area contributed by atoms with Crippen molar-refractivity contribution in [1.82, 2.24) is 15.5 Å². The van der Waals surface area contributed by atoms with Gasteiger partial charge < -0.3 is 26.0 Å². The van der Waals surface area contributed by atoms with Crippen molar-refractivity contribution in [3.05, 3.63) is 35.4 Å². The summed E-state index contributed by atoms with van der Waals surface area (Å²) in [7, 11) is 0. The molecule has 3 rings (SSSR count). The van der Waals surface area contributed by atoms with Gasteiger partial charge >= 0.3 is 6.09 Å². The Bertz CT molecular complexity index is 979. The number of hydrogen-bond acceptors (Lipinski definition) is 5. The quantitative estimate of drug-likeness (QED) is 0.439. The van der Waals surface area contributed by atoms with Gasteiger partial charge in [-0.2, -0.15) is 0 Å². The number of hydrogen-bond donors (Lipinski definition) is 3. The number of nitrogens with zero attached hydrogens (tertiary/aromatic N) is 1. The predicted octanol–water partition coefficient (Wildman–Crippen LogP) is 3.63. The Hall–Kier alpha value is -3.10. The van der Waals surface area contributed by atoms with Crippen LogP contribution in [0.3, 0.4) is 0 Å². The van der Waals surface area contributed by atoms with Gasteiger partial charge in [-0.3, -0.25) is 14.4 Å². The first-order valence-electron chi connectivity index (χ1n) is 13.4. The number of alkyl carbamates (subject to hydrolysis) is 1. The van der Waals surface area contributed by atoms with Crippen LogP contribution in [0.1, 0.15) is 95.7 Å². The second-order valence-electron chi connectivity index (χ2n) is 11.3. The molecule has 0 aromatic heterocycles. The van der Waals surface area contributed by atoms with Gasteiger partial charge in [0.25, 0.3) is 0 Å². The van der Waals surface area contributed by atoms with E-state index >= 15 is 0 Å². The minimum absolute atomic E-state index is 0.0152. The van der Waals surface area contributed by atoms with E-state index in [1.807, 2.05) is 31.2 Å². The third-order valence-electron chi connectivity index (χ3n) is 6.82. The van der Waals surface area contributed by atoms with Gasteiger partial charge in [-0.25, -0.2) is 4.79 Å². The number of aryl methyl sites for hydroxylation is 1. The van der Waals surface area contributed by atoms with Crippen molar-refractivity contribution in [2.24, 2.45) is 5.73 Å². The monoisotopic (exact) mass is 514 g/mol. The van der Waals surface area contributed by atoms with E-state index in [-0.39, 0.29) is 30.8 Å². The lowest BCUT2D eigenvalue weighted by atomic mass is 9.93. The van der Waals surface area contributed by atoms with Gasteiger partial charge in [-0.15, -0.1) is 0 Å². The first-order valence-corrected chi connectivity index (χ1v) is 13.4. The molecule has 2 unspecified atom stereocenters. The molecule has 1 aromatic rings. The highest BCUT2D eigenvalue weighted by Gasteiger charge is 2.44. The predicted molar refractivity (Wildman–Crippen MR) is 140 cm³/mol. The van der Waals surface area contributed by atoms with Crippen LogP contribution >= 0.6 is 0 Å². The molecular weight excluding hydrogens is 472 g/mol. The van der Waals surface area contributed by atoms with Crippen molar-refractivity contribution in [3.8, 4) is 0 Å². The number of ether oxygens (including phenoxy) is 1. The van der Waals surface area contributed by atoms with Crippen LogP contribution in [0.2, 0.25) is 0 Å². The largest absolute Gasteiger partial charge is 0.444 e. The van der Waals surface area contributed by atoms with Crippen molar-refractivity contribution in [1.29, 1.82) is 0 Å². The molecular formula is C28H42N4O5. The summed E-state index contributed by atoms with van der Waals surface area (Å²) in [5.74, 6) is -1.21. The van der Waals surface area contributed by atoms with Crippen molar-refractivity contribution in [3.63, 3.8) is 0 Å². The Balaban J connectivity index is 1.94. The lowest BCUT2D eigenvalue weighted by Crippen LogP contribution is -2.54. The maximum absolute atomic E-state index is 14.1. The molecule has 4 N–H and O–H groups in total. The number of carbonyl (C=O) groups excluding carboxylic acids is 4. The molecule has 9 heteroatoms. The standard InChI is InChI=1S/C28H42N4O5/c1-18-10-8-9-13-21(18)24(25(34)30-19-11-6-5-7-12-19)32(20-14-15-20)26(35)22(16-17-23(29)33)31-27(36)37-28(2,3)4/h8-10,13,19-20,22,24H,5-7,11-12,14-17H2,1-4H3,(H2,29,33)(H,30,34)(H,31,36). The molecule has 2 aliphatic rings. The average molecular weight is 515 g/mol. The Morgan fingerprint density at radius 2 is 1.70 bits per heavy atom. The minimum Gasteiger partial charge on any atom is -0.444 e. The number of carbonyl (C=O) groups is 4. The zero-order valence-electron chi connectivity index (χ0n) is 22.5. The zero-order chi connectivity index (χ0) is 27.2. The maximum atomic E-state index is 14.1. The first kappa shape index (κ1) is 28.5. The van der Waals surface area contributed by atoms with Crippen molar-refractivity contribution < 1.29 is 23.9 Å². The van der Waals surface area contributed by atoms with E-state index in [2.05, 4.69) is 10.6 Å². The Morgan fingerprint density at radius 1 is 1.05 bits per heavy atom. The molecule has 2 atom stereocenters. The molecule has 0 spiro atoms. The summed E-state index contributed by atoms with van der Waals surface area (Å²) in [5.41, 5.74) is 6.26. The fourth-order valence-electron chi connectivity index (χ4n) is 4.88. The van der Waals surface area contributed by atoms with Crippen molar-refractivity contribution in [2.45, 2.75) is 115 Å². The van der Waals surface area contributed by atoms with Crippen LogP contribution in [-0.2, 0) is 19.1 Å². The van der Waals surface area contributed by atoms with Crippen LogP contribution in [0.15, 0.2) is 24.3 Å². The van der Waals surface area contributed by atoms with E-state index in [1.54, 1.807) is 25.7 Å². The number of nitrogens with two attached hydrogens (primary N) is 1. The molecule has 2 saturated carbocycles. The van der Waals surface area contributed by atoms with Gasteiger partial charge in [0.2, 0.25) is 17.7 Å². The van der Waals surface area contributed by atoms with Crippen LogP contribution in [0.25, 0.3) is 0 Å². The summed E-state index contributed by atoms with van der Waals surface area (Å²) in [6.45, 7) is 7.11. The van der Waals surface area contributed by atoms with Gasteiger partial charge in [0.1, 0.15) is 17.7 Å². The average Bonchev–Trinajstić information content (AvgIpc) is 3.65. The molecule has 0 saturated heterocycles. The van der Waals surface area contributed by atoms with Gasteiger partial charge in [0, 0.05) is 18.5 Å². The lowest BCUT2D eigenvalue weighted by molar-refractivity contribution is -0.143. The second kappa shape index (κ2) is 12.4. The molecule has 4 amide bonds. The topological polar surface area (TPSA) is 131 Å². The lowest BCUT2D eigenvalue weighted by Gasteiger charge is -2.36. The number of rotatable bonds is 10. The molecule has 0 heterocycles. The summed E-state index contributed by atoms with van der Waals surface area (Å²) in [6, 6.07) is 5.61. The highest BCUT2D eigenvalue weighted by molar-refractivity contribution is 5.93. The molecule has 2 aliphatic carbocycles. The van der Waals surface area contributed by atoms with Gasteiger partial charge in [-0.05, 0) is 70.9 Å². The molecule has 2 fully saturated rings. The maximum Gasteiger partial charge on any atom is 0.408 e. The number of amides is 4. The zero-order valence-corrected chi connectivity index (χ0v) is 22.5. The van der Waals surface area contributed by atoms with E-state index in [1.165, 1.54) is 0 Å². The molecule has 37 heavy (non-hydrogen) atoms. The molecule has 0 aliphatic heterocycles. The van der Waals surface area contributed by atoms with Crippen molar-refractivity contribution >= 4 is 23.8 Å². The molecule has 204 valence electrons. The fraction of sp³-hybridized carbons (Fsp3) is 0.643. The molecule has 1 aromatic carbocycles. The summed E-state index contributed by atoms with van der Waals surface area (Å²) >= 11 is 0.